The van der Waals surface area contributed by atoms with Crippen LogP contribution in [0.25, 0.3) is 0 Å². The second kappa shape index (κ2) is 5.73. The van der Waals surface area contributed by atoms with E-state index in [0.29, 0.717) is 13.0 Å². The second-order valence-electron chi connectivity index (χ2n) is 5.51. The minimum absolute atomic E-state index is 0.0604. The van der Waals surface area contributed by atoms with Crippen LogP contribution in [0.5, 0.6) is 0 Å². The number of carbonyl (C=O) groups excluding carboxylic acids is 1. The van der Waals surface area contributed by atoms with Gasteiger partial charge < -0.3 is 19.6 Å². The minimum Gasteiger partial charge on any atom is -0.465 e. The molecule has 0 saturated carbocycles. The number of hydrogen-bond donors (Lipinski definition) is 2. The van der Waals surface area contributed by atoms with Crippen LogP contribution in [0.2, 0.25) is 0 Å². The molecule has 21 heavy (non-hydrogen) atoms. The van der Waals surface area contributed by atoms with Gasteiger partial charge >= 0.3 is 0 Å². The van der Waals surface area contributed by atoms with E-state index in [9.17, 15) is 4.79 Å². The largest absolute Gasteiger partial charge is 0.465 e. The van der Waals surface area contributed by atoms with Crippen LogP contribution < -0.4 is 10.6 Å². The molecule has 0 spiro atoms. The fraction of sp³-hybridized carbons (Fsp3) is 0.467. The van der Waals surface area contributed by atoms with Crippen LogP contribution >= 0.6 is 0 Å². The summed E-state index contributed by atoms with van der Waals surface area (Å²) in [6.07, 6.45) is 4.91. The minimum atomic E-state index is -0.0604. The number of aromatic nitrogens is 2. The maximum absolute atomic E-state index is 11.7. The Balaban J connectivity index is 1.72. The maximum atomic E-state index is 11.7. The van der Waals surface area contributed by atoms with Gasteiger partial charge in [0, 0.05) is 19.5 Å². The molecule has 0 aromatic carbocycles. The van der Waals surface area contributed by atoms with Gasteiger partial charge in [-0.3, -0.25) is 4.79 Å². The highest BCUT2D eigenvalue weighted by Gasteiger charge is 2.31. The Morgan fingerprint density at radius 2 is 2.38 bits per heavy atom. The summed E-state index contributed by atoms with van der Waals surface area (Å²) in [6.45, 7) is 2.59. The number of nitrogens with zero attached hydrogens (tertiary/aromatic N) is 2. The Morgan fingerprint density at radius 1 is 1.52 bits per heavy atom. The summed E-state index contributed by atoms with van der Waals surface area (Å²) in [5.41, 5.74) is 1.01. The van der Waals surface area contributed by atoms with E-state index in [-0.39, 0.29) is 18.0 Å². The van der Waals surface area contributed by atoms with E-state index in [1.807, 2.05) is 36.9 Å². The molecule has 6 heteroatoms. The van der Waals surface area contributed by atoms with Crippen molar-refractivity contribution in [1.82, 2.24) is 20.2 Å². The highest BCUT2D eigenvalue weighted by Crippen LogP contribution is 2.24. The molecule has 0 radical (unpaired) electrons. The number of rotatable bonds is 4. The quantitative estimate of drug-likeness (QED) is 0.893. The molecule has 112 valence electrons. The lowest BCUT2D eigenvalue weighted by atomic mass is 9.95. The van der Waals surface area contributed by atoms with Crippen LogP contribution in [-0.4, -0.2) is 21.5 Å². The van der Waals surface area contributed by atoms with E-state index in [2.05, 4.69) is 15.6 Å². The average molecular weight is 288 g/mol. The molecule has 1 saturated heterocycles. The third-order valence-electron chi connectivity index (χ3n) is 3.91. The number of amides is 1. The van der Waals surface area contributed by atoms with Crippen molar-refractivity contribution in [3.05, 3.63) is 41.9 Å². The molecule has 3 heterocycles. The number of imidazole rings is 1. The van der Waals surface area contributed by atoms with Gasteiger partial charge in [0.2, 0.25) is 5.91 Å². The van der Waals surface area contributed by atoms with E-state index in [0.717, 1.165) is 23.6 Å². The molecule has 0 aliphatic carbocycles. The zero-order valence-corrected chi connectivity index (χ0v) is 12.3. The smallest absolute Gasteiger partial charge is 0.220 e. The van der Waals surface area contributed by atoms with Crippen molar-refractivity contribution in [3.63, 3.8) is 0 Å². The SMILES string of the molecule is Cc1ccc(CN[C@@H]2CCC(=O)N[C@H]2c2cncn2C)o1. The molecule has 0 bridgehead atoms. The lowest BCUT2D eigenvalue weighted by molar-refractivity contribution is -0.124. The average Bonchev–Trinajstić information content (AvgIpc) is 3.06. The summed E-state index contributed by atoms with van der Waals surface area (Å²) < 4.78 is 7.52. The summed E-state index contributed by atoms with van der Waals surface area (Å²) in [7, 11) is 1.94. The highest BCUT2D eigenvalue weighted by atomic mass is 16.3. The maximum Gasteiger partial charge on any atom is 0.220 e. The lowest BCUT2D eigenvalue weighted by Crippen LogP contribution is -2.48. The van der Waals surface area contributed by atoms with E-state index < -0.39 is 0 Å². The van der Waals surface area contributed by atoms with Gasteiger partial charge in [0.05, 0.1) is 30.8 Å². The first kappa shape index (κ1) is 13.9. The summed E-state index contributed by atoms with van der Waals surface area (Å²) in [5.74, 6) is 1.91. The van der Waals surface area contributed by atoms with Crippen molar-refractivity contribution in [2.75, 3.05) is 0 Å². The first-order valence-electron chi connectivity index (χ1n) is 7.18. The van der Waals surface area contributed by atoms with E-state index in [1.165, 1.54) is 0 Å². The zero-order chi connectivity index (χ0) is 14.8. The fourth-order valence-corrected chi connectivity index (χ4v) is 2.78. The first-order valence-corrected chi connectivity index (χ1v) is 7.18. The Morgan fingerprint density at radius 3 is 3.05 bits per heavy atom. The van der Waals surface area contributed by atoms with Gasteiger partial charge in [0.1, 0.15) is 11.5 Å². The standard InChI is InChI=1S/C15H20N4O2/c1-10-3-4-11(21-10)7-17-12-5-6-14(20)18-15(12)13-8-16-9-19(13)2/h3-4,8-9,12,15,17H,5-7H2,1-2H3,(H,18,20)/t12-,15-/m1/s1. The van der Waals surface area contributed by atoms with E-state index >= 15 is 0 Å². The van der Waals surface area contributed by atoms with E-state index in [1.54, 1.807) is 6.33 Å². The van der Waals surface area contributed by atoms with Crippen molar-refractivity contribution < 1.29 is 9.21 Å². The van der Waals surface area contributed by atoms with E-state index in [4.69, 9.17) is 4.42 Å². The van der Waals surface area contributed by atoms with Crippen LogP contribution in [-0.2, 0) is 18.4 Å². The Labute approximate surface area is 123 Å². The summed E-state index contributed by atoms with van der Waals surface area (Å²) in [4.78, 5) is 15.9. The summed E-state index contributed by atoms with van der Waals surface area (Å²) >= 11 is 0. The molecule has 0 unspecified atom stereocenters. The lowest BCUT2D eigenvalue weighted by Gasteiger charge is -2.33. The number of carbonyl (C=O) groups is 1. The monoisotopic (exact) mass is 288 g/mol. The van der Waals surface area contributed by atoms with Crippen LogP contribution in [0.15, 0.2) is 29.1 Å². The molecule has 1 amide bonds. The second-order valence-corrected chi connectivity index (χ2v) is 5.51. The molecular weight excluding hydrogens is 268 g/mol. The molecule has 2 aromatic heterocycles. The number of nitrogens with one attached hydrogen (secondary N) is 2. The third-order valence-corrected chi connectivity index (χ3v) is 3.91. The Bertz CT molecular complexity index is 631. The third kappa shape index (κ3) is 3.00. The normalized spacial score (nSPS) is 22.3. The molecular formula is C15H20N4O2. The van der Waals surface area contributed by atoms with Crippen LogP contribution in [0.1, 0.15) is 36.1 Å². The van der Waals surface area contributed by atoms with Crippen LogP contribution in [0.4, 0.5) is 0 Å². The predicted octanol–water partition coefficient (Wildman–Crippen LogP) is 1.43. The Kier molecular flexibility index (Phi) is 3.79. The predicted molar refractivity (Wildman–Crippen MR) is 77.4 cm³/mol. The summed E-state index contributed by atoms with van der Waals surface area (Å²) in [5, 5.41) is 6.55. The topological polar surface area (TPSA) is 72.1 Å². The van der Waals surface area contributed by atoms with Crippen LogP contribution in [0.3, 0.4) is 0 Å². The Hall–Kier alpha value is -2.08. The molecule has 2 atom stereocenters. The molecule has 1 aliphatic rings. The highest BCUT2D eigenvalue weighted by molar-refractivity contribution is 5.77. The van der Waals surface area contributed by atoms with Gasteiger partial charge in [-0.25, -0.2) is 4.98 Å². The fourth-order valence-electron chi connectivity index (χ4n) is 2.78. The molecule has 6 nitrogen and oxygen atoms in total. The molecule has 3 rings (SSSR count). The van der Waals surface area contributed by atoms with Crippen molar-refractivity contribution in [1.29, 1.82) is 0 Å². The zero-order valence-electron chi connectivity index (χ0n) is 12.3. The van der Waals surface area contributed by atoms with Crippen molar-refractivity contribution >= 4 is 5.91 Å². The van der Waals surface area contributed by atoms with Gasteiger partial charge in [-0.1, -0.05) is 0 Å². The number of hydrogen-bond acceptors (Lipinski definition) is 4. The van der Waals surface area contributed by atoms with Gasteiger partial charge in [0.25, 0.3) is 0 Å². The first-order chi connectivity index (χ1) is 10.1. The van der Waals surface area contributed by atoms with Crippen LogP contribution in [0, 0.1) is 6.92 Å². The van der Waals surface area contributed by atoms with Gasteiger partial charge in [-0.05, 0) is 25.5 Å². The van der Waals surface area contributed by atoms with Crippen molar-refractivity contribution in [3.8, 4) is 0 Å². The number of furan rings is 1. The molecule has 1 aliphatic heterocycles. The van der Waals surface area contributed by atoms with Crippen molar-refractivity contribution in [2.24, 2.45) is 7.05 Å². The number of piperidine rings is 1. The van der Waals surface area contributed by atoms with Gasteiger partial charge in [-0.2, -0.15) is 0 Å². The number of aryl methyl sites for hydroxylation is 2. The van der Waals surface area contributed by atoms with Gasteiger partial charge in [0.15, 0.2) is 0 Å². The van der Waals surface area contributed by atoms with Gasteiger partial charge in [-0.15, -0.1) is 0 Å². The van der Waals surface area contributed by atoms with Crippen molar-refractivity contribution in [2.45, 2.75) is 38.4 Å². The summed E-state index contributed by atoms with van der Waals surface area (Å²) in [6, 6.07) is 4.04. The molecule has 2 N–H and O–H groups in total. The molecule has 2 aromatic rings. The molecule has 1 fully saturated rings.